The number of benzene rings is 1. The van der Waals surface area contributed by atoms with Crippen LogP contribution in [0.1, 0.15) is 19.8 Å². The molecular formula is C15H20ClN3S. The second-order valence-electron chi connectivity index (χ2n) is 5.60. The van der Waals surface area contributed by atoms with Gasteiger partial charge in [-0.25, -0.2) is 4.98 Å². The Balaban J connectivity index is 1.57. The summed E-state index contributed by atoms with van der Waals surface area (Å²) < 4.78 is 1.07. The van der Waals surface area contributed by atoms with Crippen LogP contribution >= 0.6 is 22.9 Å². The van der Waals surface area contributed by atoms with E-state index in [2.05, 4.69) is 22.1 Å². The lowest BCUT2D eigenvalue weighted by Crippen LogP contribution is -2.28. The first-order valence-corrected chi connectivity index (χ1v) is 8.43. The summed E-state index contributed by atoms with van der Waals surface area (Å²) in [5.41, 5.74) is 0.984. The van der Waals surface area contributed by atoms with Gasteiger partial charge in [-0.15, -0.1) is 0 Å². The van der Waals surface area contributed by atoms with Gasteiger partial charge >= 0.3 is 0 Å². The molecule has 1 aliphatic rings. The molecule has 1 atom stereocenters. The van der Waals surface area contributed by atoms with Crippen molar-refractivity contribution in [1.82, 2.24) is 9.88 Å². The summed E-state index contributed by atoms with van der Waals surface area (Å²) in [5, 5.41) is 5.22. The zero-order valence-electron chi connectivity index (χ0n) is 11.7. The van der Waals surface area contributed by atoms with Crippen molar-refractivity contribution in [3.05, 3.63) is 23.2 Å². The topological polar surface area (TPSA) is 28.2 Å². The lowest BCUT2D eigenvalue weighted by molar-refractivity contribution is 0.294. The third kappa shape index (κ3) is 3.25. The van der Waals surface area contributed by atoms with E-state index < -0.39 is 0 Å². The van der Waals surface area contributed by atoms with E-state index in [-0.39, 0.29) is 0 Å². The van der Waals surface area contributed by atoms with Gasteiger partial charge in [-0.1, -0.05) is 35.9 Å². The smallest absolute Gasteiger partial charge is 0.183 e. The van der Waals surface area contributed by atoms with E-state index in [0.717, 1.165) is 26.9 Å². The first kappa shape index (κ1) is 14.1. The molecule has 0 bridgehead atoms. The monoisotopic (exact) mass is 309 g/mol. The quantitative estimate of drug-likeness (QED) is 0.901. The molecule has 0 amide bonds. The molecule has 5 heteroatoms. The maximum Gasteiger partial charge on any atom is 0.183 e. The molecule has 20 heavy (non-hydrogen) atoms. The van der Waals surface area contributed by atoms with Crippen molar-refractivity contribution >= 4 is 38.3 Å². The summed E-state index contributed by atoms with van der Waals surface area (Å²) in [6, 6.07) is 5.88. The molecular weight excluding hydrogens is 290 g/mol. The van der Waals surface area contributed by atoms with Crippen LogP contribution in [0.4, 0.5) is 5.13 Å². The zero-order valence-corrected chi connectivity index (χ0v) is 13.3. The van der Waals surface area contributed by atoms with E-state index in [1.54, 1.807) is 11.3 Å². The fourth-order valence-electron chi connectivity index (χ4n) is 2.72. The van der Waals surface area contributed by atoms with Crippen LogP contribution in [-0.2, 0) is 0 Å². The van der Waals surface area contributed by atoms with Crippen molar-refractivity contribution < 1.29 is 0 Å². The SMILES string of the molecule is CC(CNc1nc2cccc(Cl)c2s1)CN1CCCC1. The Hall–Kier alpha value is -0.840. The minimum absolute atomic E-state index is 0.635. The number of rotatable bonds is 5. The third-order valence-electron chi connectivity index (χ3n) is 3.74. The molecule has 108 valence electrons. The van der Waals surface area contributed by atoms with Gasteiger partial charge in [0.15, 0.2) is 5.13 Å². The van der Waals surface area contributed by atoms with E-state index in [0.29, 0.717) is 5.92 Å². The van der Waals surface area contributed by atoms with Crippen molar-refractivity contribution in [1.29, 1.82) is 0 Å². The van der Waals surface area contributed by atoms with Crippen LogP contribution in [0.15, 0.2) is 18.2 Å². The third-order valence-corrected chi connectivity index (χ3v) is 5.23. The second-order valence-corrected chi connectivity index (χ2v) is 7.01. The minimum atomic E-state index is 0.635. The number of thiazole rings is 1. The van der Waals surface area contributed by atoms with Gasteiger partial charge in [-0.05, 0) is 44.0 Å². The van der Waals surface area contributed by atoms with Gasteiger partial charge in [0, 0.05) is 13.1 Å². The Bertz CT molecular complexity index is 578. The number of hydrogen-bond acceptors (Lipinski definition) is 4. The van der Waals surface area contributed by atoms with Gasteiger partial charge < -0.3 is 10.2 Å². The highest BCUT2D eigenvalue weighted by Crippen LogP contribution is 2.31. The van der Waals surface area contributed by atoms with Crippen LogP contribution in [0.2, 0.25) is 5.02 Å². The molecule has 1 N–H and O–H groups in total. The molecule has 0 saturated carbocycles. The van der Waals surface area contributed by atoms with Crippen molar-refractivity contribution in [2.24, 2.45) is 5.92 Å². The Morgan fingerprint density at radius 1 is 1.40 bits per heavy atom. The van der Waals surface area contributed by atoms with Gasteiger partial charge in [0.05, 0.1) is 15.2 Å². The van der Waals surface area contributed by atoms with Gasteiger partial charge in [0.1, 0.15) is 0 Å². The maximum atomic E-state index is 6.18. The standard InChI is InChI=1S/C15H20ClN3S/c1-11(10-19-7-2-3-8-19)9-17-15-18-13-6-4-5-12(16)14(13)20-15/h4-6,11H,2-3,7-10H2,1H3,(H,17,18). The minimum Gasteiger partial charge on any atom is -0.361 e. The number of nitrogens with one attached hydrogen (secondary N) is 1. The lowest BCUT2D eigenvalue weighted by atomic mass is 10.2. The summed E-state index contributed by atoms with van der Waals surface area (Å²) in [7, 11) is 0. The average molecular weight is 310 g/mol. The van der Waals surface area contributed by atoms with Crippen molar-refractivity contribution in [3.8, 4) is 0 Å². The average Bonchev–Trinajstić information content (AvgIpc) is 3.06. The van der Waals surface area contributed by atoms with Gasteiger partial charge in [0.25, 0.3) is 0 Å². The largest absolute Gasteiger partial charge is 0.361 e. The summed E-state index contributed by atoms with van der Waals surface area (Å²) in [5.74, 6) is 0.635. The lowest BCUT2D eigenvalue weighted by Gasteiger charge is -2.20. The summed E-state index contributed by atoms with van der Waals surface area (Å²) >= 11 is 7.82. The van der Waals surface area contributed by atoms with E-state index in [1.165, 1.54) is 32.5 Å². The number of aromatic nitrogens is 1. The summed E-state index contributed by atoms with van der Waals surface area (Å²) in [4.78, 5) is 7.14. The van der Waals surface area contributed by atoms with Crippen LogP contribution in [0.3, 0.4) is 0 Å². The van der Waals surface area contributed by atoms with Crippen LogP contribution in [-0.4, -0.2) is 36.1 Å². The number of anilines is 1. The van der Waals surface area contributed by atoms with Crippen molar-refractivity contribution in [3.63, 3.8) is 0 Å². The van der Waals surface area contributed by atoms with Gasteiger partial charge in [-0.2, -0.15) is 0 Å². The maximum absolute atomic E-state index is 6.18. The van der Waals surface area contributed by atoms with E-state index in [1.807, 2.05) is 18.2 Å². The van der Waals surface area contributed by atoms with Crippen molar-refractivity contribution in [2.45, 2.75) is 19.8 Å². The molecule has 1 saturated heterocycles. The molecule has 2 aromatic rings. The normalized spacial score (nSPS) is 17.7. The molecule has 1 fully saturated rings. The number of nitrogens with zero attached hydrogens (tertiary/aromatic N) is 2. The number of halogens is 1. The fourth-order valence-corrected chi connectivity index (χ4v) is 3.89. The molecule has 0 aliphatic carbocycles. The highest BCUT2D eigenvalue weighted by molar-refractivity contribution is 7.22. The molecule has 2 heterocycles. The van der Waals surface area contributed by atoms with Crippen molar-refractivity contribution in [2.75, 3.05) is 31.5 Å². The molecule has 0 radical (unpaired) electrons. The number of likely N-dealkylation sites (tertiary alicyclic amines) is 1. The van der Waals surface area contributed by atoms with E-state index >= 15 is 0 Å². The summed E-state index contributed by atoms with van der Waals surface area (Å²) in [6.45, 7) is 6.97. The fraction of sp³-hybridized carbons (Fsp3) is 0.533. The Kier molecular flexibility index (Phi) is 4.44. The Labute approximate surface area is 128 Å². The number of hydrogen-bond donors (Lipinski definition) is 1. The van der Waals surface area contributed by atoms with Crippen LogP contribution < -0.4 is 5.32 Å². The Morgan fingerprint density at radius 3 is 2.95 bits per heavy atom. The van der Waals surface area contributed by atoms with Gasteiger partial charge in [0.2, 0.25) is 0 Å². The predicted molar refractivity (Wildman–Crippen MR) is 88.0 cm³/mol. The zero-order chi connectivity index (χ0) is 13.9. The van der Waals surface area contributed by atoms with E-state index in [4.69, 9.17) is 11.6 Å². The van der Waals surface area contributed by atoms with Crippen LogP contribution in [0.5, 0.6) is 0 Å². The molecule has 3 rings (SSSR count). The predicted octanol–water partition coefficient (Wildman–Crippen LogP) is 4.09. The molecule has 1 aromatic heterocycles. The van der Waals surface area contributed by atoms with Crippen LogP contribution in [0, 0.1) is 5.92 Å². The summed E-state index contributed by atoms with van der Waals surface area (Å²) in [6.07, 6.45) is 2.72. The highest BCUT2D eigenvalue weighted by atomic mass is 35.5. The first-order valence-electron chi connectivity index (χ1n) is 7.23. The van der Waals surface area contributed by atoms with E-state index in [9.17, 15) is 0 Å². The Morgan fingerprint density at radius 2 is 2.20 bits per heavy atom. The van der Waals surface area contributed by atoms with Crippen LogP contribution in [0.25, 0.3) is 10.2 Å². The molecule has 1 aliphatic heterocycles. The first-order chi connectivity index (χ1) is 9.72. The number of fused-ring (bicyclic) bond motifs is 1. The van der Waals surface area contributed by atoms with Gasteiger partial charge in [-0.3, -0.25) is 0 Å². The molecule has 1 unspecified atom stereocenters. The second kappa shape index (κ2) is 6.29. The molecule has 1 aromatic carbocycles. The molecule has 0 spiro atoms. The molecule has 3 nitrogen and oxygen atoms in total. The highest BCUT2D eigenvalue weighted by Gasteiger charge is 2.15.